The van der Waals surface area contributed by atoms with E-state index in [2.05, 4.69) is 20.9 Å². The first-order valence-electron chi connectivity index (χ1n) is 6.64. The lowest BCUT2D eigenvalue weighted by Crippen LogP contribution is -2.04. The third kappa shape index (κ3) is 3.56. The maximum atomic E-state index is 11.3. The molecule has 2 rings (SSSR count). The Kier molecular flexibility index (Phi) is 5.44. The van der Waals surface area contributed by atoms with E-state index in [4.69, 9.17) is 14.2 Å². The topological polar surface area (TPSA) is 77.9 Å². The van der Waals surface area contributed by atoms with E-state index < -0.39 is 5.97 Å². The highest BCUT2D eigenvalue weighted by Crippen LogP contribution is 2.42. The summed E-state index contributed by atoms with van der Waals surface area (Å²) in [6.45, 7) is 0. The Balaban J connectivity index is 2.74. The zero-order chi connectivity index (χ0) is 17.0. The van der Waals surface area contributed by atoms with Crippen molar-refractivity contribution in [3.63, 3.8) is 0 Å². The Morgan fingerprint density at radius 2 is 1.70 bits per heavy atom. The third-order valence-electron chi connectivity index (χ3n) is 3.24. The predicted octanol–water partition coefficient (Wildman–Crippen LogP) is 3.37. The monoisotopic (exact) mass is 381 g/mol. The highest BCUT2D eigenvalue weighted by atomic mass is 79.9. The molecule has 0 aliphatic carbocycles. The Hall–Kier alpha value is -2.28. The second-order valence-electron chi connectivity index (χ2n) is 4.58. The molecule has 0 saturated heterocycles. The summed E-state index contributed by atoms with van der Waals surface area (Å²) in [4.78, 5) is 15.4. The van der Waals surface area contributed by atoms with Crippen molar-refractivity contribution in [2.75, 3.05) is 21.3 Å². The molecule has 2 aromatic rings. The first-order chi connectivity index (χ1) is 11.0. The molecular formula is C16H16BrNO5. The average molecular weight is 382 g/mol. The van der Waals surface area contributed by atoms with Gasteiger partial charge in [-0.05, 0) is 17.7 Å². The molecule has 0 atom stereocenters. The molecule has 0 unspecified atom stereocenters. The van der Waals surface area contributed by atoms with Crippen molar-refractivity contribution >= 4 is 21.9 Å². The smallest absolute Gasteiger partial charge is 0.354 e. The standard InChI is InChI=1S/C16H16BrNO5/c1-21-11-6-13(22-2)15(14(7-11)23-3)9-4-10(8-17)18-12(5-9)16(19)20/h4-7H,8H2,1-3H3,(H,19,20). The zero-order valence-electron chi connectivity index (χ0n) is 12.9. The highest BCUT2D eigenvalue weighted by molar-refractivity contribution is 9.08. The van der Waals surface area contributed by atoms with Gasteiger partial charge in [-0.25, -0.2) is 9.78 Å². The van der Waals surface area contributed by atoms with Crippen LogP contribution in [0.4, 0.5) is 0 Å². The van der Waals surface area contributed by atoms with Gasteiger partial charge in [0.05, 0.1) is 32.6 Å². The van der Waals surface area contributed by atoms with Crippen LogP contribution in [0.2, 0.25) is 0 Å². The molecule has 0 fully saturated rings. The number of halogens is 1. The molecule has 0 spiro atoms. The lowest BCUT2D eigenvalue weighted by atomic mass is 10.0. The second-order valence-corrected chi connectivity index (χ2v) is 5.14. The minimum absolute atomic E-state index is 0.0446. The van der Waals surface area contributed by atoms with Crippen LogP contribution in [0.5, 0.6) is 17.2 Å². The quantitative estimate of drug-likeness (QED) is 0.772. The summed E-state index contributed by atoms with van der Waals surface area (Å²) in [5.41, 5.74) is 1.84. The van der Waals surface area contributed by atoms with Crippen LogP contribution in [0.15, 0.2) is 24.3 Å². The van der Waals surface area contributed by atoms with E-state index >= 15 is 0 Å². The van der Waals surface area contributed by atoms with Crippen LogP contribution in [0.1, 0.15) is 16.2 Å². The molecule has 0 radical (unpaired) electrons. The van der Waals surface area contributed by atoms with Crippen LogP contribution >= 0.6 is 15.9 Å². The molecule has 23 heavy (non-hydrogen) atoms. The number of carboxylic acids is 1. The summed E-state index contributed by atoms with van der Waals surface area (Å²) < 4.78 is 16.1. The summed E-state index contributed by atoms with van der Waals surface area (Å²) in [5, 5.41) is 9.68. The maximum Gasteiger partial charge on any atom is 0.354 e. The van der Waals surface area contributed by atoms with Crippen molar-refractivity contribution in [1.29, 1.82) is 0 Å². The number of alkyl halides is 1. The SMILES string of the molecule is COc1cc(OC)c(-c2cc(CBr)nc(C(=O)O)c2)c(OC)c1. The summed E-state index contributed by atoms with van der Waals surface area (Å²) in [6, 6.07) is 6.70. The predicted molar refractivity (Wildman–Crippen MR) is 88.9 cm³/mol. The summed E-state index contributed by atoms with van der Waals surface area (Å²) in [7, 11) is 4.61. The number of nitrogens with zero attached hydrogens (tertiary/aromatic N) is 1. The van der Waals surface area contributed by atoms with Gasteiger partial charge in [-0.3, -0.25) is 0 Å². The normalized spacial score (nSPS) is 10.3. The number of rotatable bonds is 6. The molecule has 0 amide bonds. The first-order valence-corrected chi connectivity index (χ1v) is 7.76. The number of hydrogen-bond donors (Lipinski definition) is 1. The second kappa shape index (κ2) is 7.32. The average Bonchev–Trinajstić information content (AvgIpc) is 2.59. The molecule has 0 aliphatic heterocycles. The van der Waals surface area contributed by atoms with E-state index in [0.717, 1.165) is 0 Å². The summed E-state index contributed by atoms with van der Waals surface area (Å²) >= 11 is 3.30. The van der Waals surface area contributed by atoms with Crippen molar-refractivity contribution in [3.8, 4) is 28.4 Å². The maximum absolute atomic E-state index is 11.3. The van der Waals surface area contributed by atoms with E-state index in [0.29, 0.717) is 39.4 Å². The number of aromatic nitrogens is 1. The van der Waals surface area contributed by atoms with Gasteiger partial charge in [-0.2, -0.15) is 0 Å². The molecular weight excluding hydrogens is 366 g/mol. The largest absolute Gasteiger partial charge is 0.496 e. The van der Waals surface area contributed by atoms with Crippen molar-refractivity contribution in [3.05, 3.63) is 35.7 Å². The van der Waals surface area contributed by atoms with Gasteiger partial charge in [0.15, 0.2) is 0 Å². The molecule has 0 aliphatic rings. The van der Waals surface area contributed by atoms with E-state index in [1.807, 2.05) is 0 Å². The minimum atomic E-state index is -1.10. The van der Waals surface area contributed by atoms with Gasteiger partial charge >= 0.3 is 5.97 Å². The van der Waals surface area contributed by atoms with E-state index in [-0.39, 0.29) is 5.69 Å². The number of aromatic carboxylic acids is 1. The third-order valence-corrected chi connectivity index (χ3v) is 3.81. The van der Waals surface area contributed by atoms with Crippen LogP contribution in [-0.4, -0.2) is 37.4 Å². The number of carbonyl (C=O) groups is 1. The molecule has 0 bridgehead atoms. The van der Waals surface area contributed by atoms with E-state index in [9.17, 15) is 9.90 Å². The van der Waals surface area contributed by atoms with Crippen molar-refractivity contribution < 1.29 is 24.1 Å². The van der Waals surface area contributed by atoms with Crippen LogP contribution in [0.25, 0.3) is 11.1 Å². The van der Waals surface area contributed by atoms with Crippen LogP contribution in [0.3, 0.4) is 0 Å². The molecule has 1 aromatic heterocycles. The van der Waals surface area contributed by atoms with Gasteiger partial charge in [0.2, 0.25) is 0 Å². The van der Waals surface area contributed by atoms with Crippen molar-refractivity contribution in [1.82, 2.24) is 4.98 Å². The van der Waals surface area contributed by atoms with Gasteiger partial charge in [0, 0.05) is 17.5 Å². The Bertz CT molecular complexity index is 707. The molecule has 6 nitrogen and oxygen atoms in total. The van der Waals surface area contributed by atoms with Gasteiger partial charge in [0.25, 0.3) is 0 Å². The van der Waals surface area contributed by atoms with E-state index in [1.54, 1.807) is 25.3 Å². The number of ether oxygens (including phenoxy) is 3. The lowest BCUT2D eigenvalue weighted by molar-refractivity contribution is 0.0690. The zero-order valence-corrected chi connectivity index (χ0v) is 14.5. The Labute approximate surface area is 142 Å². The van der Waals surface area contributed by atoms with E-state index in [1.165, 1.54) is 20.3 Å². The molecule has 1 heterocycles. The molecule has 1 aromatic carbocycles. The van der Waals surface area contributed by atoms with Gasteiger partial charge in [0.1, 0.15) is 22.9 Å². The van der Waals surface area contributed by atoms with Crippen LogP contribution in [0, 0.1) is 0 Å². The number of carboxylic acid groups (broad SMARTS) is 1. The van der Waals surface area contributed by atoms with Crippen molar-refractivity contribution in [2.24, 2.45) is 0 Å². The fourth-order valence-electron chi connectivity index (χ4n) is 2.20. The van der Waals surface area contributed by atoms with Crippen LogP contribution < -0.4 is 14.2 Å². The van der Waals surface area contributed by atoms with Gasteiger partial charge < -0.3 is 19.3 Å². The highest BCUT2D eigenvalue weighted by Gasteiger charge is 2.18. The summed E-state index contributed by atoms with van der Waals surface area (Å²) in [5.74, 6) is 0.518. The minimum Gasteiger partial charge on any atom is -0.496 e. The Morgan fingerprint density at radius 3 is 2.13 bits per heavy atom. The van der Waals surface area contributed by atoms with Crippen LogP contribution in [-0.2, 0) is 5.33 Å². The van der Waals surface area contributed by atoms with Gasteiger partial charge in [-0.15, -0.1) is 0 Å². The molecule has 1 N–H and O–H groups in total. The Morgan fingerprint density at radius 1 is 1.09 bits per heavy atom. The number of benzene rings is 1. The molecule has 0 saturated carbocycles. The fourth-order valence-corrected chi connectivity index (χ4v) is 2.49. The lowest BCUT2D eigenvalue weighted by Gasteiger charge is -2.16. The summed E-state index contributed by atoms with van der Waals surface area (Å²) in [6.07, 6.45) is 0. The number of methoxy groups -OCH3 is 3. The first kappa shape index (κ1) is 17.1. The number of hydrogen-bond acceptors (Lipinski definition) is 5. The van der Waals surface area contributed by atoms with Gasteiger partial charge in [-0.1, -0.05) is 15.9 Å². The molecule has 7 heteroatoms. The molecule has 122 valence electrons. The fraction of sp³-hybridized carbons (Fsp3) is 0.250. The van der Waals surface area contributed by atoms with Crippen molar-refractivity contribution in [2.45, 2.75) is 5.33 Å². The number of pyridine rings is 1.